The van der Waals surface area contributed by atoms with E-state index in [9.17, 15) is 0 Å². The van der Waals surface area contributed by atoms with Crippen molar-refractivity contribution in [2.24, 2.45) is 0 Å². The van der Waals surface area contributed by atoms with Crippen LogP contribution < -0.4 is 4.90 Å². The highest BCUT2D eigenvalue weighted by molar-refractivity contribution is 7.26. The maximum absolute atomic E-state index is 2.50. The number of benzene rings is 12. The van der Waals surface area contributed by atoms with E-state index in [1.165, 1.54) is 120 Å². The number of aromatic nitrogens is 1. The molecule has 2 nitrogen and oxygen atoms in total. The molecule has 2 aliphatic carbocycles. The average molecular weight is 983 g/mol. The van der Waals surface area contributed by atoms with E-state index in [0.29, 0.717) is 0 Å². The van der Waals surface area contributed by atoms with Crippen molar-refractivity contribution in [3.05, 3.63) is 301 Å². The standard InChI is InChI=1S/C73H46N2S/c1-3-18-47(19-4-1)49-34-38-52(39-35-49)74(55-42-43-59-58-26-9-14-31-66(58)73(67(59)45-55)64-29-12-7-24-56(64)57-25-8-13-30-65(57)73)54-23-17-22-51(44-54)62-46-63-60-27-10-15-32-68(60)75(53-40-36-50(37-41-53)48-20-5-2-6-21-48)71(63)70-61-28-11-16-33-69(61)76-72(62)70/h1-46H. The van der Waals surface area contributed by atoms with E-state index in [4.69, 9.17) is 0 Å². The van der Waals surface area contributed by atoms with Gasteiger partial charge in [-0.3, -0.25) is 0 Å². The Kier molecular flexibility index (Phi) is 9.45. The van der Waals surface area contributed by atoms with Gasteiger partial charge in [-0.25, -0.2) is 0 Å². The third-order valence-corrected chi connectivity index (χ3v) is 17.6. The quantitative estimate of drug-likeness (QED) is 0.154. The van der Waals surface area contributed by atoms with Gasteiger partial charge in [0.1, 0.15) is 0 Å². The minimum Gasteiger partial charge on any atom is -0.310 e. The molecule has 0 saturated carbocycles. The summed E-state index contributed by atoms with van der Waals surface area (Å²) < 4.78 is 5.06. The number of hydrogen-bond acceptors (Lipinski definition) is 2. The fraction of sp³-hybridized carbons (Fsp3) is 0.0137. The van der Waals surface area contributed by atoms with E-state index in [-0.39, 0.29) is 0 Å². The Morgan fingerprint density at radius 2 is 0.816 bits per heavy atom. The van der Waals surface area contributed by atoms with Crippen molar-refractivity contribution in [3.63, 3.8) is 0 Å². The molecule has 354 valence electrons. The molecule has 0 unspecified atom stereocenters. The van der Waals surface area contributed by atoms with Crippen LogP contribution in [-0.4, -0.2) is 4.57 Å². The monoisotopic (exact) mass is 982 g/mol. The van der Waals surface area contributed by atoms with E-state index in [1.807, 2.05) is 11.3 Å². The number of thiophene rings is 1. The zero-order valence-electron chi connectivity index (χ0n) is 41.4. The summed E-state index contributed by atoms with van der Waals surface area (Å²) in [7, 11) is 0. The summed E-state index contributed by atoms with van der Waals surface area (Å²) >= 11 is 1.90. The third-order valence-electron chi connectivity index (χ3n) is 16.4. The van der Waals surface area contributed by atoms with E-state index in [0.717, 1.165) is 22.7 Å². The minimum atomic E-state index is -0.467. The second-order valence-electron chi connectivity index (χ2n) is 20.3. The van der Waals surface area contributed by atoms with Crippen LogP contribution in [-0.2, 0) is 5.41 Å². The molecule has 0 saturated heterocycles. The molecule has 2 heterocycles. The molecule has 0 bridgehead atoms. The average Bonchev–Trinajstić information content (AvgIpc) is 4.33. The Morgan fingerprint density at radius 3 is 1.47 bits per heavy atom. The van der Waals surface area contributed by atoms with Crippen molar-refractivity contribution in [1.29, 1.82) is 0 Å². The normalized spacial score (nSPS) is 12.8. The van der Waals surface area contributed by atoms with E-state index in [1.54, 1.807) is 0 Å². The van der Waals surface area contributed by atoms with Crippen molar-refractivity contribution in [2.45, 2.75) is 5.41 Å². The second-order valence-corrected chi connectivity index (χ2v) is 21.4. The second kappa shape index (κ2) is 16.7. The van der Waals surface area contributed by atoms with Gasteiger partial charge in [0.2, 0.25) is 0 Å². The van der Waals surface area contributed by atoms with Crippen molar-refractivity contribution in [1.82, 2.24) is 4.57 Å². The Hall–Kier alpha value is -9.54. The lowest BCUT2D eigenvalue weighted by Crippen LogP contribution is -2.26. The van der Waals surface area contributed by atoms with Gasteiger partial charge in [-0.05, 0) is 139 Å². The van der Waals surface area contributed by atoms with Crippen molar-refractivity contribution in [3.8, 4) is 61.3 Å². The summed E-state index contributed by atoms with van der Waals surface area (Å²) in [6.45, 7) is 0. The van der Waals surface area contributed by atoms with Gasteiger partial charge < -0.3 is 9.47 Å². The first kappa shape index (κ1) is 42.9. The summed E-state index contributed by atoms with van der Waals surface area (Å²) in [6, 6.07) is 104. The van der Waals surface area contributed by atoms with Crippen LogP contribution in [0.15, 0.2) is 279 Å². The van der Waals surface area contributed by atoms with Gasteiger partial charge in [-0.1, -0.05) is 212 Å². The van der Waals surface area contributed by atoms with Crippen LogP contribution >= 0.6 is 11.3 Å². The molecule has 76 heavy (non-hydrogen) atoms. The molecule has 0 radical (unpaired) electrons. The highest BCUT2D eigenvalue weighted by Crippen LogP contribution is 2.63. The lowest BCUT2D eigenvalue weighted by Gasteiger charge is -2.32. The number of hydrogen-bond donors (Lipinski definition) is 0. The molecule has 3 heteroatoms. The highest BCUT2D eigenvalue weighted by Gasteiger charge is 2.51. The van der Waals surface area contributed by atoms with Gasteiger partial charge in [-0.2, -0.15) is 0 Å². The predicted octanol–water partition coefficient (Wildman–Crippen LogP) is 20.0. The minimum absolute atomic E-state index is 0.467. The van der Waals surface area contributed by atoms with Crippen molar-refractivity contribution < 1.29 is 0 Å². The Labute approximate surface area is 445 Å². The summed E-state index contributed by atoms with van der Waals surface area (Å²) in [4.78, 5) is 2.48. The fourth-order valence-electron chi connectivity index (χ4n) is 13.2. The SMILES string of the molecule is c1ccc(-c2ccc(N(c3cccc(-c4cc5c6ccccc6n(-c6ccc(-c7ccccc7)cc6)c5c5c4sc4ccccc45)c3)c3ccc4c(c3)C3(c5ccccc5-c5ccccc53)c3ccccc3-4)cc2)cc1. The fourth-order valence-corrected chi connectivity index (χ4v) is 14.4. The Morgan fingerprint density at radius 1 is 0.316 bits per heavy atom. The van der Waals surface area contributed by atoms with Gasteiger partial charge in [0.25, 0.3) is 0 Å². The lowest BCUT2D eigenvalue weighted by atomic mass is 9.70. The van der Waals surface area contributed by atoms with E-state index >= 15 is 0 Å². The summed E-state index contributed by atoms with van der Waals surface area (Å²) in [5.74, 6) is 0. The topological polar surface area (TPSA) is 8.17 Å². The van der Waals surface area contributed by atoms with Crippen molar-refractivity contribution >= 4 is 70.4 Å². The van der Waals surface area contributed by atoms with Gasteiger partial charge >= 0.3 is 0 Å². The molecule has 0 aliphatic heterocycles. The van der Waals surface area contributed by atoms with Gasteiger partial charge in [0.15, 0.2) is 0 Å². The predicted molar refractivity (Wildman–Crippen MR) is 321 cm³/mol. The maximum Gasteiger partial charge on any atom is 0.0726 e. The third kappa shape index (κ3) is 6.21. The molecule has 2 aromatic heterocycles. The molecule has 2 aliphatic rings. The molecule has 0 amide bonds. The van der Waals surface area contributed by atoms with Gasteiger partial charge in [0, 0.05) is 59.3 Å². The summed E-state index contributed by atoms with van der Waals surface area (Å²) in [5, 5.41) is 5.05. The van der Waals surface area contributed by atoms with Crippen LogP contribution in [0.25, 0.3) is 103 Å². The Balaban J connectivity index is 0.917. The molecule has 0 N–H and O–H groups in total. The number of rotatable bonds is 7. The van der Waals surface area contributed by atoms with Crippen LogP contribution in [0.2, 0.25) is 0 Å². The first-order valence-electron chi connectivity index (χ1n) is 26.2. The number of nitrogens with zero attached hydrogens (tertiary/aromatic N) is 2. The molecule has 14 aromatic rings. The molecule has 1 spiro atoms. The summed E-state index contributed by atoms with van der Waals surface area (Å²) in [5.41, 5.74) is 24.2. The Bertz CT molecular complexity index is 4560. The van der Waals surface area contributed by atoms with Crippen LogP contribution in [0.3, 0.4) is 0 Å². The largest absolute Gasteiger partial charge is 0.310 e. The zero-order valence-corrected chi connectivity index (χ0v) is 42.2. The molecule has 0 atom stereocenters. The van der Waals surface area contributed by atoms with Crippen LogP contribution in [0.5, 0.6) is 0 Å². The number of anilines is 3. The lowest BCUT2D eigenvalue weighted by molar-refractivity contribution is 0.793. The molecule has 16 rings (SSSR count). The van der Waals surface area contributed by atoms with E-state index in [2.05, 4.69) is 289 Å². The maximum atomic E-state index is 2.50. The molecular formula is C73H46N2S. The van der Waals surface area contributed by atoms with Gasteiger partial charge in [-0.15, -0.1) is 11.3 Å². The first-order chi connectivity index (χ1) is 37.7. The number of para-hydroxylation sites is 1. The van der Waals surface area contributed by atoms with Crippen LogP contribution in [0.1, 0.15) is 22.3 Å². The summed E-state index contributed by atoms with van der Waals surface area (Å²) in [6.07, 6.45) is 0. The number of fused-ring (bicyclic) bond motifs is 17. The highest BCUT2D eigenvalue weighted by atomic mass is 32.1. The molecule has 0 fully saturated rings. The van der Waals surface area contributed by atoms with E-state index < -0.39 is 5.41 Å². The molecular weight excluding hydrogens is 937 g/mol. The van der Waals surface area contributed by atoms with Crippen LogP contribution in [0.4, 0.5) is 17.1 Å². The smallest absolute Gasteiger partial charge is 0.0726 e. The zero-order chi connectivity index (χ0) is 49.9. The van der Waals surface area contributed by atoms with Crippen LogP contribution in [0, 0.1) is 0 Å². The molecule has 12 aromatic carbocycles. The van der Waals surface area contributed by atoms with Crippen molar-refractivity contribution in [2.75, 3.05) is 4.90 Å². The van der Waals surface area contributed by atoms with Gasteiger partial charge in [0.05, 0.1) is 16.4 Å². The first-order valence-corrected chi connectivity index (χ1v) is 27.1.